The van der Waals surface area contributed by atoms with Crippen molar-refractivity contribution in [1.82, 2.24) is 8.96 Å². The summed E-state index contributed by atoms with van der Waals surface area (Å²) in [5.41, 5.74) is 4.88. The second-order valence-electron chi connectivity index (χ2n) is 7.43. The van der Waals surface area contributed by atoms with Gasteiger partial charge in [0, 0.05) is 28.9 Å². The first-order valence-corrected chi connectivity index (χ1v) is 13.4. The summed E-state index contributed by atoms with van der Waals surface area (Å²) in [5.74, 6) is 0.666. The first-order chi connectivity index (χ1) is 16.5. The van der Waals surface area contributed by atoms with E-state index in [1.54, 1.807) is 55.1 Å². The lowest BCUT2D eigenvalue weighted by atomic mass is 9.99. The molecule has 0 spiro atoms. The van der Waals surface area contributed by atoms with Crippen LogP contribution in [0.15, 0.2) is 88.7 Å². The number of aromatic nitrogens is 2. The molecular weight excluding hydrogens is 464 g/mol. The molecule has 0 aliphatic rings. The maximum Gasteiger partial charge on any atom is 0.269 e. The van der Waals surface area contributed by atoms with Gasteiger partial charge in [0.15, 0.2) is 5.65 Å². The molecule has 0 saturated heterocycles. The normalized spacial score (nSPS) is 11.2. The molecule has 0 fully saturated rings. The molecule has 5 rings (SSSR count). The molecule has 34 heavy (non-hydrogen) atoms. The number of pyridine rings is 1. The smallest absolute Gasteiger partial charge is 0.269 e. The number of methoxy groups -OCH3 is 1. The predicted octanol–water partition coefficient (Wildman–Crippen LogP) is 7.01. The van der Waals surface area contributed by atoms with Crippen molar-refractivity contribution in [3.63, 3.8) is 0 Å². The average molecular weight is 491 g/mol. The second kappa shape index (κ2) is 9.83. The van der Waals surface area contributed by atoms with Gasteiger partial charge in [-0.25, -0.2) is 17.4 Å². The minimum absolute atomic E-state index is 0.217. The summed E-state index contributed by atoms with van der Waals surface area (Å²) in [6.07, 6.45) is 3.31. The van der Waals surface area contributed by atoms with Crippen LogP contribution < -0.4 is 4.74 Å². The monoisotopic (exact) mass is 490 g/mol. The van der Waals surface area contributed by atoms with Gasteiger partial charge in [-0.3, -0.25) is 0 Å². The lowest BCUT2D eigenvalue weighted by Crippen LogP contribution is -2.12. The van der Waals surface area contributed by atoms with E-state index in [2.05, 4.69) is 4.98 Å². The molecule has 0 unspecified atom stereocenters. The van der Waals surface area contributed by atoms with Gasteiger partial charge in [0.05, 0.1) is 12.0 Å². The maximum atomic E-state index is 13.6. The Morgan fingerprint density at radius 1 is 0.912 bits per heavy atom. The van der Waals surface area contributed by atoms with Crippen LogP contribution in [-0.2, 0) is 10.0 Å². The van der Waals surface area contributed by atoms with E-state index in [1.807, 2.05) is 67.9 Å². The third kappa shape index (κ3) is 4.13. The molecule has 5 nitrogen and oxygen atoms in total. The molecule has 0 atom stereocenters. The van der Waals surface area contributed by atoms with Crippen molar-refractivity contribution in [2.45, 2.75) is 25.7 Å². The van der Waals surface area contributed by atoms with Crippen LogP contribution in [0.25, 0.3) is 33.3 Å². The van der Waals surface area contributed by atoms with E-state index >= 15 is 0 Å². The van der Waals surface area contributed by atoms with E-state index < -0.39 is 10.0 Å². The fourth-order valence-corrected chi connectivity index (χ4v) is 5.84. The summed E-state index contributed by atoms with van der Waals surface area (Å²) in [6, 6.07) is 18.4. The largest absolute Gasteiger partial charge is 0.496 e. The number of nitrogens with zero attached hydrogens (tertiary/aromatic N) is 2. The second-order valence-corrected chi connectivity index (χ2v) is 10.0. The van der Waals surface area contributed by atoms with Crippen LogP contribution in [0.5, 0.6) is 5.75 Å². The molecule has 0 bridgehead atoms. The highest BCUT2D eigenvalue weighted by atomic mass is 32.2. The third-order valence-corrected chi connectivity index (χ3v) is 7.81. The van der Waals surface area contributed by atoms with Gasteiger partial charge in [0.1, 0.15) is 5.75 Å². The van der Waals surface area contributed by atoms with Crippen LogP contribution in [0.2, 0.25) is 0 Å². The summed E-state index contributed by atoms with van der Waals surface area (Å²) >= 11 is 1.59. The third-order valence-electron chi connectivity index (χ3n) is 5.46. The van der Waals surface area contributed by atoms with Crippen LogP contribution >= 0.6 is 11.3 Å². The lowest BCUT2D eigenvalue weighted by Gasteiger charge is -2.09. The van der Waals surface area contributed by atoms with E-state index in [-0.39, 0.29) is 4.90 Å². The number of thiophene rings is 1. The molecule has 0 aliphatic heterocycles. The first kappa shape index (κ1) is 23.7. The van der Waals surface area contributed by atoms with Crippen molar-refractivity contribution < 1.29 is 13.2 Å². The van der Waals surface area contributed by atoms with Crippen molar-refractivity contribution in [2.75, 3.05) is 7.11 Å². The van der Waals surface area contributed by atoms with E-state index in [0.717, 1.165) is 33.2 Å². The zero-order valence-corrected chi connectivity index (χ0v) is 21.2. The molecule has 5 aromatic rings. The fourth-order valence-electron chi connectivity index (χ4n) is 3.86. The zero-order valence-electron chi connectivity index (χ0n) is 19.5. The number of ether oxygens (including phenoxy) is 1. The first-order valence-electron chi connectivity index (χ1n) is 11.0. The molecule has 3 aromatic heterocycles. The SMILES string of the molecule is CC.COc1ccccc1-c1cn(S(=O)(=O)c2ccc(C)cc2)c2nccc(-c3ccsc3)c12. The number of hydrogen-bond acceptors (Lipinski definition) is 5. The van der Waals surface area contributed by atoms with Gasteiger partial charge < -0.3 is 4.74 Å². The molecule has 0 saturated carbocycles. The van der Waals surface area contributed by atoms with Gasteiger partial charge >= 0.3 is 0 Å². The Morgan fingerprint density at radius 3 is 2.32 bits per heavy atom. The zero-order chi connectivity index (χ0) is 24.3. The summed E-state index contributed by atoms with van der Waals surface area (Å²) in [5, 5.41) is 4.82. The molecule has 0 radical (unpaired) electrons. The van der Waals surface area contributed by atoms with E-state index in [0.29, 0.717) is 11.4 Å². The molecule has 7 heteroatoms. The van der Waals surface area contributed by atoms with Crippen molar-refractivity contribution in [3.8, 4) is 28.0 Å². The van der Waals surface area contributed by atoms with Crippen molar-refractivity contribution in [3.05, 3.63) is 89.4 Å². The topological polar surface area (TPSA) is 61.2 Å². The Bertz CT molecular complexity index is 1520. The molecule has 0 N–H and O–H groups in total. The van der Waals surface area contributed by atoms with Gasteiger partial charge in [-0.15, -0.1) is 0 Å². The fraction of sp³-hybridized carbons (Fsp3) is 0.148. The summed E-state index contributed by atoms with van der Waals surface area (Å²) < 4.78 is 34.2. The van der Waals surface area contributed by atoms with Crippen LogP contribution in [0.1, 0.15) is 19.4 Å². The summed E-state index contributed by atoms with van der Waals surface area (Å²) in [4.78, 5) is 4.73. The highest BCUT2D eigenvalue weighted by molar-refractivity contribution is 7.90. The Balaban J connectivity index is 0.00000133. The Hall–Kier alpha value is -3.42. The summed E-state index contributed by atoms with van der Waals surface area (Å²) in [7, 11) is -2.25. The number of hydrogen-bond donors (Lipinski definition) is 0. The minimum Gasteiger partial charge on any atom is -0.496 e. The highest BCUT2D eigenvalue weighted by Crippen LogP contribution is 2.41. The van der Waals surface area contributed by atoms with Gasteiger partial charge in [0.2, 0.25) is 0 Å². The predicted molar refractivity (Wildman–Crippen MR) is 140 cm³/mol. The van der Waals surface area contributed by atoms with Crippen LogP contribution in [0.4, 0.5) is 0 Å². The maximum absolute atomic E-state index is 13.6. The molecule has 174 valence electrons. The molecular formula is C27H26N2O3S2. The Morgan fingerprint density at radius 2 is 1.65 bits per heavy atom. The Labute approximate surface area is 204 Å². The minimum atomic E-state index is -3.86. The van der Waals surface area contributed by atoms with E-state index in [1.165, 1.54) is 3.97 Å². The van der Waals surface area contributed by atoms with Gasteiger partial charge in [-0.1, -0.05) is 49.7 Å². The van der Waals surface area contributed by atoms with Gasteiger partial charge in [-0.2, -0.15) is 11.3 Å². The molecule has 2 aromatic carbocycles. The number of benzene rings is 2. The van der Waals surface area contributed by atoms with Crippen molar-refractivity contribution >= 4 is 32.4 Å². The van der Waals surface area contributed by atoms with Crippen molar-refractivity contribution in [2.24, 2.45) is 0 Å². The van der Waals surface area contributed by atoms with E-state index in [4.69, 9.17) is 4.74 Å². The van der Waals surface area contributed by atoms with Gasteiger partial charge in [-0.05, 0) is 59.1 Å². The average Bonchev–Trinajstić information content (AvgIpc) is 3.54. The molecule has 3 heterocycles. The summed E-state index contributed by atoms with van der Waals surface area (Å²) in [6.45, 7) is 5.93. The Kier molecular flexibility index (Phi) is 6.86. The lowest BCUT2D eigenvalue weighted by molar-refractivity contribution is 0.416. The van der Waals surface area contributed by atoms with Gasteiger partial charge in [0.25, 0.3) is 10.0 Å². The van der Waals surface area contributed by atoms with Crippen LogP contribution in [0, 0.1) is 6.92 Å². The number of rotatable bonds is 5. The molecule has 0 amide bonds. The standard InChI is InChI=1S/C25H20N2O3S2.C2H6/c1-17-7-9-19(10-8-17)32(28,29)27-15-22(21-5-3-4-6-23(21)30-2)24-20(11-13-26-25(24)27)18-12-14-31-16-18;1-2/h3-16H,1-2H3;1-2H3. The molecule has 0 aliphatic carbocycles. The van der Waals surface area contributed by atoms with Crippen LogP contribution in [0.3, 0.4) is 0 Å². The quantitative estimate of drug-likeness (QED) is 0.266. The highest BCUT2D eigenvalue weighted by Gasteiger charge is 2.25. The number of fused-ring (bicyclic) bond motifs is 1. The number of aryl methyl sites for hydroxylation is 1. The van der Waals surface area contributed by atoms with Crippen molar-refractivity contribution in [1.29, 1.82) is 0 Å². The van der Waals surface area contributed by atoms with E-state index in [9.17, 15) is 8.42 Å². The number of para-hydroxylation sites is 1. The van der Waals surface area contributed by atoms with Crippen LogP contribution in [-0.4, -0.2) is 24.5 Å².